The lowest BCUT2D eigenvalue weighted by Crippen LogP contribution is -2.53. The van der Waals surface area contributed by atoms with Gasteiger partial charge in [0, 0.05) is 12.0 Å². The number of carbonyl (C=O) groups excluding carboxylic acids is 2. The molecule has 1 saturated heterocycles. The van der Waals surface area contributed by atoms with E-state index in [4.69, 9.17) is 4.74 Å². The van der Waals surface area contributed by atoms with Gasteiger partial charge in [0.25, 0.3) is 0 Å². The van der Waals surface area contributed by atoms with Crippen LogP contribution in [0.3, 0.4) is 0 Å². The van der Waals surface area contributed by atoms with E-state index in [1.54, 1.807) is 0 Å². The van der Waals surface area contributed by atoms with E-state index in [0.29, 0.717) is 12.5 Å². The SMILES string of the molecule is O=C(C[C@H]1CC[C@H](NC(=O)C2CCC2)[C@@H](CO)O1)NC1CCC1. The van der Waals surface area contributed by atoms with Gasteiger partial charge in [-0.15, -0.1) is 0 Å². The summed E-state index contributed by atoms with van der Waals surface area (Å²) in [7, 11) is 0. The van der Waals surface area contributed by atoms with E-state index >= 15 is 0 Å². The van der Waals surface area contributed by atoms with E-state index in [9.17, 15) is 14.7 Å². The van der Waals surface area contributed by atoms with Crippen molar-refractivity contribution in [2.45, 2.75) is 82.1 Å². The van der Waals surface area contributed by atoms with Gasteiger partial charge < -0.3 is 20.5 Å². The number of aliphatic hydroxyl groups excluding tert-OH is 1. The second-order valence-corrected chi connectivity index (χ2v) is 7.20. The molecule has 2 amide bonds. The van der Waals surface area contributed by atoms with Gasteiger partial charge in [0.2, 0.25) is 11.8 Å². The van der Waals surface area contributed by atoms with Crippen molar-refractivity contribution >= 4 is 11.8 Å². The predicted octanol–water partition coefficient (Wildman–Crippen LogP) is 0.870. The summed E-state index contributed by atoms with van der Waals surface area (Å²) in [6, 6.07) is 0.202. The number of rotatable bonds is 6. The molecule has 0 radical (unpaired) electrons. The number of hydrogen-bond donors (Lipinski definition) is 3. The van der Waals surface area contributed by atoms with Gasteiger partial charge in [-0.1, -0.05) is 6.42 Å². The predicted molar refractivity (Wildman–Crippen MR) is 84.7 cm³/mol. The van der Waals surface area contributed by atoms with Gasteiger partial charge >= 0.3 is 0 Å². The molecular formula is C17H28N2O4. The van der Waals surface area contributed by atoms with Crippen molar-refractivity contribution in [2.24, 2.45) is 5.92 Å². The number of amides is 2. The highest BCUT2D eigenvalue weighted by Gasteiger charge is 2.35. The monoisotopic (exact) mass is 324 g/mol. The number of nitrogens with one attached hydrogen (secondary N) is 2. The Labute approximate surface area is 137 Å². The molecule has 3 N–H and O–H groups in total. The zero-order valence-electron chi connectivity index (χ0n) is 13.6. The Morgan fingerprint density at radius 2 is 1.74 bits per heavy atom. The Hall–Kier alpha value is -1.14. The summed E-state index contributed by atoms with van der Waals surface area (Å²) in [6.45, 7) is -0.129. The molecule has 3 aliphatic rings. The topological polar surface area (TPSA) is 87.7 Å². The van der Waals surface area contributed by atoms with Crippen molar-refractivity contribution in [2.75, 3.05) is 6.61 Å². The largest absolute Gasteiger partial charge is 0.394 e. The van der Waals surface area contributed by atoms with Crippen LogP contribution in [0.15, 0.2) is 0 Å². The van der Waals surface area contributed by atoms with Crippen LogP contribution in [0, 0.1) is 5.92 Å². The van der Waals surface area contributed by atoms with Crippen molar-refractivity contribution < 1.29 is 19.4 Å². The summed E-state index contributed by atoms with van der Waals surface area (Å²) >= 11 is 0. The molecule has 2 aliphatic carbocycles. The lowest BCUT2D eigenvalue weighted by molar-refractivity contribution is -0.139. The zero-order valence-corrected chi connectivity index (χ0v) is 13.6. The summed E-state index contributed by atoms with van der Waals surface area (Å²) < 4.78 is 5.86. The van der Waals surface area contributed by atoms with E-state index in [-0.39, 0.29) is 36.5 Å². The van der Waals surface area contributed by atoms with Gasteiger partial charge in [-0.05, 0) is 44.9 Å². The molecule has 23 heavy (non-hydrogen) atoms. The smallest absolute Gasteiger partial charge is 0.223 e. The van der Waals surface area contributed by atoms with Crippen LogP contribution in [0.4, 0.5) is 0 Å². The summed E-state index contributed by atoms with van der Waals surface area (Å²) in [5.41, 5.74) is 0. The number of hydrogen-bond acceptors (Lipinski definition) is 4. The molecule has 3 fully saturated rings. The van der Waals surface area contributed by atoms with Crippen LogP contribution in [-0.2, 0) is 14.3 Å². The first-order chi connectivity index (χ1) is 11.2. The van der Waals surface area contributed by atoms with Crippen LogP contribution < -0.4 is 10.6 Å². The molecule has 0 aromatic heterocycles. The summed E-state index contributed by atoms with van der Waals surface area (Å²) in [6.07, 6.45) is 7.67. The lowest BCUT2D eigenvalue weighted by Gasteiger charge is -2.37. The molecule has 6 nitrogen and oxygen atoms in total. The Morgan fingerprint density at radius 3 is 2.30 bits per heavy atom. The standard InChI is InChI=1S/C17H28N2O4/c20-10-15-14(19-17(22)11-3-1-4-11)8-7-13(23-15)9-16(21)18-12-5-2-6-12/h11-15,20H,1-10H2,(H,18,21)(H,19,22)/t13-,14+,15-/m1/s1. The van der Waals surface area contributed by atoms with Gasteiger partial charge in [-0.3, -0.25) is 9.59 Å². The maximum Gasteiger partial charge on any atom is 0.223 e. The third-order valence-corrected chi connectivity index (χ3v) is 5.48. The number of ether oxygens (including phenoxy) is 1. The molecule has 3 rings (SSSR count). The first kappa shape index (κ1) is 16.7. The highest BCUT2D eigenvalue weighted by molar-refractivity contribution is 5.79. The minimum absolute atomic E-state index is 0.0355. The zero-order chi connectivity index (χ0) is 16.2. The molecule has 1 aliphatic heterocycles. The van der Waals surface area contributed by atoms with Crippen LogP contribution in [0.5, 0.6) is 0 Å². The molecular weight excluding hydrogens is 296 g/mol. The molecule has 130 valence electrons. The van der Waals surface area contributed by atoms with Gasteiger partial charge in [0.05, 0.1) is 25.2 Å². The highest BCUT2D eigenvalue weighted by atomic mass is 16.5. The van der Waals surface area contributed by atoms with E-state index in [1.165, 1.54) is 6.42 Å². The third-order valence-electron chi connectivity index (χ3n) is 5.48. The van der Waals surface area contributed by atoms with Crippen LogP contribution in [-0.4, -0.2) is 47.8 Å². The molecule has 0 aromatic rings. The third kappa shape index (κ3) is 4.23. The Balaban J connectivity index is 1.43. The quantitative estimate of drug-likeness (QED) is 0.676. The van der Waals surface area contributed by atoms with Gasteiger partial charge in [-0.2, -0.15) is 0 Å². The van der Waals surface area contributed by atoms with Gasteiger partial charge in [0.15, 0.2) is 0 Å². The van der Waals surface area contributed by atoms with Crippen LogP contribution >= 0.6 is 0 Å². The molecule has 2 saturated carbocycles. The fourth-order valence-corrected chi connectivity index (χ4v) is 3.46. The average Bonchev–Trinajstić information content (AvgIpc) is 2.42. The lowest BCUT2D eigenvalue weighted by atomic mass is 9.84. The molecule has 1 heterocycles. The summed E-state index contributed by atoms with van der Waals surface area (Å²) in [5.74, 6) is 0.262. The van der Waals surface area contributed by atoms with Crippen molar-refractivity contribution in [3.63, 3.8) is 0 Å². The van der Waals surface area contributed by atoms with Crippen molar-refractivity contribution in [1.29, 1.82) is 0 Å². The normalized spacial score (nSPS) is 31.8. The minimum Gasteiger partial charge on any atom is -0.394 e. The molecule has 0 unspecified atom stereocenters. The highest BCUT2D eigenvalue weighted by Crippen LogP contribution is 2.28. The summed E-state index contributed by atoms with van der Waals surface area (Å²) in [4.78, 5) is 24.0. The molecule has 6 heteroatoms. The fourth-order valence-electron chi connectivity index (χ4n) is 3.46. The Morgan fingerprint density at radius 1 is 1.00 bits per heavy atom. The second-order valence-electron chi connectivity index (χ2n) is 7.20. The first-order valence-corrected chi connectivity index (χ1v) is 9.01. The summed E-state index contributed by atoms with van der Waals surface area (Å²) in [5, 5.41) is 15.6. The molecule has 0 aromatic carbocycles. The van der Waals surface area contributed by atoms with E-state index in [0.717, 1.165) is 44.9 Å². The number of carbonyl (C=O) groups is 2. The van der Waals surface area contributed by atoms with E-state index < -0.39 is 6.10 Å². The molecule has 0 spiro atoms. The van der Waals surface area contributed by atoms with E-state index in [1.807, 2.05) is 0 Å². The minimum atomic E-state index is -0.408. The second kappa shape index (κ2) is 7.62. The first-order valence-electron chi connectivity index (χ1n) is 9.01. The Bertz CT molecular complexity index is 434. The van der Waals surface area contributed by atoms with Crippen molar-refractivity contribution in [3.8, 4) is 0 Å². The average molecular weight is 324 g/mol. The van der Waals surface area contributed by atoms with Gasteiger partial charge in [-0.25, -0.2) is 0 Å². The molecule has 0 bridgehead atoms. The fraction of sp³-hybridized carbons (Fsp3) is 0.882. The van der Waals surface area contributed by atoms with Crippen molar-refractivity contribution in [1.82, 2.24) is 10.6 Å². The van der Waals surface area contributed by atoms with Crippen LogP contribution in [0.1, 0.15) is 57.8 Å². The van der Waals surface area contributed by atoms with E-state index in [2.05, 4.69) is 10.6 Å². The Kier molecular flexibility index (Phi) is 5.54. The van der Waals surface area contributed by atoms with Crippen LogP contribution in [0.25, 0.3) is 0 Å². The number of aliphatic hydroxyl groups is 1. The van der Waals surface area contributed by atoms with Crippen molar-refractivity contribution in [3.05, 3.63) is 0 Å². The molecule has 3 atom stereocenters. The van der Waals surface area contributed by atoms with Gasteiger partial charge in [0.1, 0.15) is 6.10 Å². The van der Waals surface area contributed by atoms with Crippen LogP contribution in [0.2, 0.25) is 0 Å². The maximum atomic E-state index is 12.1. The maximum absolute atomic E-state index is 12.1.